The van der Waals surface area contributed by atoms with Crippen LogP contribution < -0.4 is 5.32 Å². The molecule has 2 amide bonds. The van der Waals surface area contributed by atoms with Crippen molar-refractivity contribution in [2.24, 2.45) is 0 Å². The molecule has 0 aliphatic carbocycles. The molecular formula is C21H29N3O3. The maximum atomic E-state index is 12.5. The second-order valence-electron chi connectivity index (χ2n) is 7.78. The van der Waals surface area contributed by atoms with Gasteiger partial charge < -0.3 is 15.0 Å². The number of pyridine rings is 1. The van der Waals surface area contributed by atoms with Gasteiger partial charge in [-0.15, -0.1) is 0 Å². The van der Waals surface area contributed by atoms with Crippen LogP contribution in [0.4, 0.5) is 4.79 Å². The summed E-state index contributed by atoms with van der Waals surface area (Å²) in [5.74, 6) is -0.239. The van der Waals surface area contributed by atoms with Gasteiger partial charge in [0.2, 0.25) is 0 Å². The second kappa shape index (κ2) is 8.37. The Hall–Kier alpha value is -2.63. The number of aryl methyl sites for hydroxylation is 1. The van der Waals surface area contributed by atoms with Crippen LogP contribution in [0.2, 0.25) is 0 Å². The van der Waals surface area contributed by atoms with Crippen molar-refractivity contribution < 1.29 is 14.3 Å². The molecule has 2 rings (SSSR count). The van der Waals surface area contributed by atoms with Crippen LogP contribution in [0.5, 0.6) is 0 Å². The van der Waals surface area contributed by atoms with E-state index in [1.54, 1.807) is 23.1 Å². The van der Waals surface area contributed by atoms with Gasteiger partial charge in [-0.1, -0.05) is 24.8 Å². The normalized spacial score (nSPS) is 15.2. The predicted molar refractivity (Wildman–Crippen MR) is 106 cm³/mol. The highest BCUT2D eigenvalue weighted by Crippen LogP contribution is 2.23. The summed E-state index contributed by atoms with van der Waals surface area (Å²) < 4.78 is 5.45. The molecule has 1 aliphatic heterocycles. The lowest BCUT2D eigenvalue weighted by atomic mass is 9.99. The van der Waals surface area contributed by atoms with Gasteiger partial charge in [-0.25, -0.2) is 9.78 Å². The zero-order valence-corrected chi connectivity index (χ0v) is 16.8. The monoisotopic (exact) mass is 371 g/mol. The number of amides is 2. The number of aromatic nitrogens is 1. The lowest BCUT2D eigenvalue weighted by Crippen LogP contribution is -2.41. The second-order valence-corrected chi connectivity index (χ2v) is 7.78. The van der Waals surface area contributed by atoms with Crippen molar-refractivity contribution >= 4 is 12.0 Å². The molecule has 0 saturated carbocycles. The first-order chi connectivity index (χ1) is 12.6. The van der Waals surface area contributed by atoms with E-state index in [2.05, 4.69) is 16.9 Å². The van der Waals surface area contributed by atoms with Crippen LogP contribution >= 0.6 is 0 Å². The van der Waals surface area contributed by atoms with E-state index in [0.29, 0.717) is 25.2 Å². The minimum absolute atomic E-state index is 0.132. The molecule has 0 radical (unpaired) electrons. The first-order valence-corrected chi connectivity index (χ1v) is 9.18. The predicted octanol–water partition coefficient (Wildman–Crippen LogP) is 3.54. The smallest absolute Gasteiger partial charge is 0.410 e. The molecule has 146 valence electrons. The Balaban J connectivity index is 2.17. The summed E-state index contributed by atoms with van der Waals surface area (Å²) in [5, 5.41) is 2.89. The van der Waals surface area contributed by atoms with Crippen LogP contribution in [-0.2, 0) is 17.7 Å². The fourth-order valence-electron chi connectivity index (χ4n) is 2.92. The zero-order valence-electron chi connectivity index (χ0n) is 16.8. The number of carbonyl (C=O) groups excluding carboxylic acids is 2. The van der Waals surface area contributed by atoms with Crippen LogP contribution in [0.3, 0.4) is 0 Å². The molecular weight excluding hydrogens is 342 g/mol. The quantitative estimate of drug-likeness (QED) is 0.822. The maximum Gasteiger partial charge on any atom is 0.410 e. The van der Waals surface area contributed by atoms with Gasteiger partial charge in [-0.2, -0.15) is 0 Å². The number of rotatable bonds is 4. The van der Waals surface area contributed by atoms with E-state index in [4.69, 9.17) is 4.74 Å². The molecule has 1 unspecified atom stereocenters. The van der Waals surface area contributed by atoms with Crippen LogP contribution in [0.25, 0.3) is 0 Å². The number of ether oxygens (including phenoxy) is 1. The van der Waals surface area contributed by atoms with E-state index >= 15 is 0 Å². The van der Waals surface area contributed by atoms with Gasteiger partial charge in [0, 0.05) is 12.6 Å². The van der Waals surface area contributed by atoms with E-state index < -0.39 is 5.60 Å². The molecule has 2 heterocycles. The Labute approximate surface area is 161 Å². The first kappa shape index (κ1) is 20.7. The maximum absolute atomic E-state index is 12.5. The number of nitrogens with zero attached hydrogens (tertiary/aromatic N) is 2. The van der Waals surface area contributed by atoms with Gasteiger partial charge in [0.25, 0.3) is 5.91 Å². The van der Waals surface area contributed by atoms with Crippen molar-refractivity contribution in [2.75, 3.05) is 6.54 Å². The van der Waals surface area contributed by atoms with E-state index in [0.717, 1.165) is 16.8 Å². The first-order valence-electron chi connectivity index (χ1n) is 9.18. The Morgan fingerprint density at radius 2 is 2.11 bits per heavy atom. The number of allylic oxidation sites excluding steroid dienone is 2. The molecule has 0 spiro atoms. The van der Waals surface area contributed by atoms with Crippen molar-refractivity contribution in [3.63, 3.8) is 0 Å². The lowest BCUT2D eigenvalue weighted by molar-refractivity contribution is 0.0220. The van der Waals surface area contributed by atoms with Crippen LogP contribution in [0.15, 0.2) is 30.9 Å². The van der Waals surface area contributed by atoms with Crippen LogP contribution in [0, 0.1) is 6.92 Å². The van der Waals surface area contributed by atoms with E-state index in [-0.39, 0.29) is 18.0 Å². The van der Waals surface area contributed by atoms with Crippen molar-refractivity contribution in [3.05, 3.63) is 53.4 Å². The lowest BCUT2D eigenvalue weighted by Gasteiger charge is -2.31. The Morgan fingerprint density at radius 3 is 2.74 bits per heavy atom. The minimum atomic E-state index is -0.544. The Kier molecular flexibility index (Phi) is 6.41. The Bertz CT molecular complexity index is 763. The third kappa shape index (κ3) is 5.67. The Morgan fingerprint density at radius 1 is 1.41 bits per heavy atom. The average molecular weight is 371 g/mol. The van der Waals surface area contributed by atoms with Gasteiger partial charge in [0.1, 0.15) is 11.3 Å². The van der Waals surface area contributed by atoms with Gasteiger partial charge in [-0.05, 0) is 58.2 Å². The molecule has 0 fully saturated rings. The van der Waals surface area contributed by atoms with Crippen LogP contribution in [0.1, 0.15) is 55.0 Å². The summed E-state index contributed by atoms with van der Waals surface area (Å²) in [4.78, 5) is 31.0. The SMILES string of the molecule is C=C/C=C\C(C)NC(=O)c1cc(C)c2c(n1)CN(C(=O)OC(C)(C)C)CC2. The van der Waals surface area contributed by atoms with Gasteiger partial charge >= 0.3 is 6.09 Å². The highest BCUT2D eigenvalue weighted by atomic mass is 16.6. The van der Waals surface area contributed by atoms with Gasteiger partial charge in [0.15, 0.2) is 0 Å². The fourth-order valence-corrected chi connectivity index (χ4v) is 2.92. The molecule has 6 nitrogen and oxygen atoms in total. The topological polar surface area (TPSA) is 71.5 Å². The summed E-state index contributed by atoms with van der Waals surface area (Å²) in [6.45, 7) is 13.9. The summed E-state index contributed by atoms with van der Waals surface area (Å²) in [7, 11) is 0. The van der Waals surface area contributed by atoms with Crippen molar-refractivity contribution in [1.82, 2.24) is 15.2 Å². The number of carbonyl (C=O) groups is 2. The van der Waals surface area contributed by atoms with E-state index in [1.807, 2.05) is 40.7 Å². The number of fused-ring (bicyclic) bond motifs is 1. The largest absolute Gasteiger partial charge is 0.444 e. The molecule has 0 bridgehead atoms. The third-order valence-corrected chi connectivity index (χ3v) is 4.18. The molecule has 0 saturated heterocycles. The third-order valence-electron chi connectivity index (χ3n) is 4.18. The van der Waals surface area contributed by atoms with Crippen molar-refractivity contribution in [2.45, 2.75) is 59.2 Å². The molecule has 1 aromatic heterocycles. The molecule has 1 N–H and O–H groups in total. The van der Waals surface area contributed by atoms with Gasteiger partial charge in [-0.3, -0.25) is 4.79 Å². The summed E-state index contributed by atoms with van der Waals surface area (Å²) >= 11 is 0. The molecule has 0 aromatic carbocycles. The average Bonchev–Trinajstić information content (AvgIpc) is 2.57. The zero-order chi connectivity index (χ0) is 20.2. The summed E-state index contributed by atoms with van der Waals surface area (Å²) in [6.07, 6.45) is 5.64. The summed E-state index contributed by atoms with van der Waals surface area (Å²) in [5.41, 5.74) is 2.69. The number of nitrogens with one attached hydrogen (secondary N) is 1. The van der Waals surface area contributed by atoms with E-state index in [1.165, 1.54) is 0 Å². The molecule has 6 heteroatoms. The van der Waals surface area contributed by atoms with Crippen molar-refractivity contribution in [1.29, 1.82) is 0 Å². The minimum Gasteiger partial charge on any atom is -0.444 e. The molecule has 1 aromatic rings. The number of hydrogen-bond acceptors (Lipinski definition) is 4. The molecule has 1 aliphatic rings. The number of hydrogen-bond donors (Lipinski definition) is 1. The molecule has 1 atom stereocenters. The fraction of sp³-hybridized carbons (Fsp3) is 0.476. The molecule has 27 heavy (non-hydrogen) atoms. The standard InChI is InChI=1S/C21H29N3O3/c1-7-8-9-15(3)22-19(25)17-12-14(2)16-10-11-24(13-18(16)23-17)20(26)27-21(4,5)6/h7-9,12,15H,1,10-11,13H2,2-6H3,(H,22,25)/b9-8-. The van der Waals surface area contributed by atoms with E-state index in [9.17, 15) is 9.59 Å². The van der Waals surface area contributed by atoms with Gasteiger partial charge in [0.05, 0.1) is 12.2 Å². The van der Waals surface area contributed by atoms with Crippen LogP contribution in [-0.4, -0.2) is 40.1 Å². The highest BCUT2D eigenvalue weighted by Gasteiger charge is 2.28. The highest BCUT2D eigenvalue weighted by molar-refractivity contribution is 5.93. The summed E-state index contributed by atoms with van der Waals surface area (Å²) in [6, 6.07) is 1.67. The van der Waals surface area contributed by atoms with Crippen molar-refractivity contribution in [3.8, 4) is 0 Å².